The van der Waals surface area contributed by atoms with Gasteiger partial charge in [-0.25, -0.2) is 0 Å². The topological polar surface area (TPSA) is 111 Å². The number of ether oxygens (including phenoxy) is 2. The fourth-order valence-corrected chi connectivity index (χ4v) is 8.12. The molecule has 0 aliphatic heterocycles. The Balaban J connectivity index is 4.19. The molecule has 0 rings (SSSR count). The number of hydrogen-bond acceptors (Lipinski definition) is 8. The van der Waals surface area contributed by atoms with E-state index >= 15 is 0 Å². The highest BCUT2D eigenvalue weighted by molar-refractivity contribution is 7.45. The van der Waals surface area contributed by atoms with E-state index < -0.39 is 26.5 Å². The molecule has 366 valence electrons. The summed E-state index contributed by atoms with van der Waals surface area (Å²) in [6.07, 6.45) is 50.8. The lowest BCUT2D eigenvalue weighted by atomic mass is 10.0. The van der Waals surface area contributed by atoms with E-state index in [0.717, 1.165) is 44.9 Å². The monoisotopic (exact) mass is 898 g/mol. The highest BCUT2D eigenvalue weighted by Crippen LogP contribution is 2.38. The van der Waals surface area contributed by atoms with Crippen LogP contribution in [0.5, 0.6) is 0 Å². The predicted molar refractivity (Wildman–Crippen MR) is 259 cm³/mol. The predicted octanol–water partition coefficient (Wildman–Crippen LogP) is 14.8. The quantitative estimate of drug-likeness (QED) is 0.0195. The highest BCUT2D eigenvalue weighted by Gasteiger charge is 2.21. The van der Waals surface area contributed by atoms with E-state index in [0.29, 0.717) is 17.4 Å². The molecule has 0 bridgehead atoms. The number of rotatable bonds is 48. The standard InChI is InChI=1S/C52H100NO8P/c1-6-8-10-12-14-16-18-20-22-23-24-25-26-27-28-29-31-32-34-36-38-40-42-44-51(54)58-48-50(49-60-62(56,57)59-47-46-53(3,4)5)61-52(55)45-43-41-39-37-35-33-30-21-19-17-15-13-11-9-7-2/h21,30,35,37,50H,6-20,22-29,31-34,36,38-49H2,1-5H3/b30-21+,37-35+/t50-/m0/s1. The van der Waals surface area contributed by atoms with Crippen LogP contribution in [-0.4, -0.2) is 70.0 Å². The molecule has 0 aliphatic rings. The number of allylic oxidation sites excluding steroid dienone is 4. The fourth-order valence-electron chi connectivity index (χ4n) is 7.39. The molecule has 9 nitrogen and oxygen atoms in total. The average molecular weight is 898 g/mol. The van der Waals surface area contributed by atoms with Gasteiger partial charge in [-0.2, -0.15) is 0 Å². The smallest absolute Gasteiger partial charge is 0.306 e. The van der Waals surface area contributed by atoms with Gasteiger partial charge < -0.3 is 27.9 Å². The molecule has 0 fully saturated rings. The number of unbranched alkanes of at least 4 members (excludes halogenated alkanes) is 30. The Labute approximate surface area is 383 Å². The number of carbonyl (C=O) groups excluding carboxylic acids is 2. The SMILES string of the molecule is CCCCCCCC/C=C/C/C=C/CCCCC(=O)O[C@@H](COC(=O)CCCCCCCCCCCCCCCCCCCCCCCCC)COP(=O)([O-])OCC[N+](C)(C)C. The molecular formula is C52H100NO8P. The van der Waals surface area contributed by atoms with Crippen LogP contribution in [0.1, 0.15) is 245 Å². The number of phosphoric acid groups is 1. The zero-order chi connectivity index (χ0) is 45.7. The van der Waals surface area contributed by atoms with Gasteiger partial charge in [0.1, 0.15) is 19.8 Å². The summed E-state index contributed by atoms with van der Waals surface area (Å²) in [5.74, 6) is -0.860. The Morgan fingerprint density at radius 2 is 0.871 bits per heavy atom. The van der Waals surface area contributed by atoms with Crippen LogP contribution in [0.4, 0.5) is 0 Å². The molecule has 62 heavy (non-hydrogen) atoms. The Bertz CT molecular complexity index is 1110. The van der Waals surface area contributed by atoms with Crippen LogP contribution in [-0.2, 0) is 32.7 Å². The number of likely N-dealkylation sites (N-methyl/N-ethyl adjacent to an activating group) is 1. The van der Waals surface area contributed by atoms with Crippen molar-refractivity contribution in [1.82, 2.24) is 0 Å². The van der Waals surface area contributed by atoms with Crippen molar-refractivity contribution in [3.8, 4) is 0 Å². The summed E-state index contributed by atoms with van der Waals surface area (Å²) in [6.45, 7) is 4.22. The maximum Gasteiger partial charge on any atom is 0.306 e. The van der Waals surface area contributed by atoms with Gasteiger partial charge in [0.15, 0.2) is 6.10 Å². The molecule has 0 N–H and O–H groups in total. The Kier molecular flexibility index (Phi) is 43.6. The molecule has 2 atom stereocenters. The van der Waals surface area contributed by atoms with Crippen molar-refractivity contribution in [2.45, 2.75) is 251 Å². The number of nitrogens with zero attached hydrogens (tertiary/aromatic N) is 1. The molecule has 0 aromatic heterocycles. The molecule has 1 unspecified atom stereocenters. The molecule has 0 aromatic carbocycles. The van der Waals surface area contributed by atoms with E-state index in [1.165, 1.54) is 167 Å². The third-order valence-electron chi connectivity index (χ3n) is 11.5. The molecule has 0 amide bonds. The van der Waals surface area contributed by atoms with Crippen LogP contribution in [0.3, 0.4) is 0 Å². The zero-order valence-electron chi connectivity index (χ0n) is 41.3. The van der Waals surface area contributed by atoms with Crippen molar-refractivity contribution in [2.24, 2.45) is 0 Å². The van der Waals surface area contributed by atoms with Gasteiger partial charge in [0.2, 0.25) is 0 Å². The normalized spacial score (nSPS) is 13.6. The largest absolute Gasteiger partial charge is 0.756 e. The van der Waals surface area contributed by atoms with Crippen LogP contribution >= 0.6 is 7.82 Å². The van der Waals surface area contributed by atoms with E-state index in [4.69, 9.17) is 18.5 Å². The molecule has 0 saturated heterocycles. The molecule has 0 radical (unpaired) electrons. The number of carbonyl (C=O) groups is 2. The van der Waals surface area contributed by atoms with E-state index in [9.17, 15) is 19.0 Å². The number of esters is 2. The van der Waals surface area contributed by atoms with Crippen molar-refractivity contribution in [2.75, 3.05) is 47.5 Å². The summed E-state index contributed by atoms with van der Waals surface area (Å²) in [6, 6.07) is 0. The first-order valence-corrected chi connectivity index (χ1v) is 27.5. The van der Waals surface area contributed by atoms with Crippen LogP contribution in [0.2, 0.25) is 0 Å². The maximum absolute atomic E-state index is 12.7. The summed E-state index contributed by atoms with van der Waals surface area (Å²) in [5.41, 5.74) is 0. The average Bonchev–Trinajstić information content (AvgIpc) is 3.23. The second kappa shape index (κ2) is 44.7. The third kappa shape index (κ3) is 48.0. The Morgan fingerprint density at radius 1 is 0.500 bits per heavy atom. The van der Waals surface area contributed by atoms with Gasteiger partial charge in [-0.1, -0.05) is 212 Å². The lowest BCUT2D eigenvalue weighted by molar-refractivity contribution is -0.870. The van der Waals surface area contributed by atoms with Crippen molar-refractivity contribution >= 4 is 19.8 Å². The van der Waals surface area contributed by atoms with Crippen LogP contribution < -0.4 is 4.89 Å². The number of hydrogen-bond donors (Lipinski definition) is 0. The first-order chi connectivity index (χ1) is 30.0. The van der Waals surface area contributed by atoms with E-state index in [-0.39, 0.29) is 32.0 Å². The van der Waals surface area contributed by atoms with Crippen molar-refractivity contribution in [3.63, 3.8) is 0 Å². The molecule has 10 heteroatoms. The maximum atomic E-state index is 12.7. The van der Waals surface area contributed by atoms with Gasteiger partial charge in [0, 0.05) is 12.8 Å². The Morgan fingerprint density at radius 3 is 1.31 bits per heavy atom. The zero-order valence-corrected chi connectivity index (χ0v) is 42.2. The second-order valence-electron chi connectivity index (χ2n) is 18.9. The van der Waals surface area contributed by atoms with E-state index in [2.05, 4.69) is 38.2 Å². The van der Waals surface area contributed by atoms with Crippen molar-refractivity contribution < 1.29 is 42.1 Å². The Hall–Kier alpha value is -1.51. The summed E-state index contributed by atoms with van der Waals surface area (Å²) in [7, 11) is 1.16. The molecule has 0 saturated carbocycles. The van der Waals surface area contributed by atoms with Gasteiger partial charge in [0.25, 0.3) is 7.82 Å². The summed E-state index contributed by atoms with van der Waals surface area (Å²) < 4.78 is 34.0. The summed E-state index contributed by atoms with van der Waals surface area (Å²) >= 11 is 0. The van der Waals surface area contributed by atoms with E-state index in [1.807, 2.05) is 21.1 Å². The first-order valence-electron chi connectivity index (χ1n) is 26.0. The highest BCUT2D eigenvalue weighted by atomic mass is 31.2. The minimum atomic E-state index is -4.63. The van der Waals surface area contributed by atoms with Gasteiger partial charge in [-0.05, 0) is 44.9 Å². The molecular weight excluding hydrogens is 798 g/mol. The minimum Gasteiger partial charge on any atom is -0.756 e. The second-order valence-corrected chi connectivity index (χ2v) is 20.3. The van der Waals surface area contributed by atoms with Crippen LogP contribution in [0.15, 0.2) is 24.3 Å². The first kappa shape index (κ1) is 60.5. The van der Waals surface area contributed by atoms with Gasteiger partial charge in [0.05, 0.1) is 27.7 Å². The van der Waals surface area contributed by atoms with Crippen LogP contribution in [0.25, 0.3) is 0 Å². The number of quaternary nitrogens is 1. The summed E-state index contributed by atoms with van der Waals surface area (Å²) in [5, 5.41) is 0. The van der Waals surface area contributed by atoms with Gasteiger partial charge >= 0.3 is 11.9 Å². The van der Waals surface area contributed by atoms with Gasteiger partial charge in [-0.3, -0.25) is 14.2 Å². The lowest BCUT2D eigenvalue weighted by Crippen LogP contribution is -2.37. The van der Waals surface area contributed by atoms with Crippen LogP contribution in [0, 0.1) is 0 Å². The van der Waals surface area contributed by atoms with Crippen molar-refractivity contribution in [3.05, 3.63) is 24.3 Å². The molecule has 0 aromatic rings. The summed E-state index contributed by atoms with van der Waals surface area (Å²) in [4.78, 5) is 37.7. The van der Waals surface area contributed by atoms with Gasteiger partial charge in [-0.15, -0.1) is 0 Å². The third-order valence-corrected chi connectivity index (χ3v) is 12.4. The fraction of sp³-hybridized carbons (Fsp3) is 0.885. The minimum absolute atomic E-state index is 0.0345. The van der Waals surface area contributed by atoms with Crippen molar-refractivity contribution in [1.29, 1.82) is 0 Å². The molecule has 0 aliphatic carbocycles. The van der Waals surface area contributed by atoms with E-state index in [1.54, 1.807) is 0 Å². The molecule has 0 heterocycles. The number of phosphoric ester groups is 1. The molecule has 0 spiro atoms. The lowest BCUT2D eigenvalue weighted by Gasteiger charge is -2.28.